The number of rotatable bonds is 7. The number of alkyl halides is 2. The second-order valence-corrected chi connectivity index (χ2v) is 11.1. The molecule has 3 aliphatic rings. The third-order valence-electron chi connectivity index (χ3n) is 8.17. The fourth-order valence-electron chi connectivity index (χ4n) is 6.09. The summed E-state index contributed by atoms with van der Waals surface area (Å²) in [5.41, 5.74) is 5.53. The van der Waals surface area contributed by atoms with Gasteiger partial charge in [0, 0.05) is 68.1 Å². The summed E-state index contributed by atoms with van der Waals surface area (Å²) in [5.74, 6) is -4.14. The predicted molar refractivity (Wildman–Crippen MR) is 144 cm³/mol. The largest absolute Gasteiger partial charge is 0.496 e. The lowest BCUT2D eigenvalue weighted by Gasteiger charge is -2.40. The molecule has 1 aromatic carbocycles. The quantitative estimate of drug-likeness (QED) is 0.493. The van der Waals surface area contributed by atoms with Gasteiger partial charge in [-0.3, -0.25) is 19.7 Å². The van der Waals surface area contributed by atoms with Crippen molar-refractivity contribution in [3.8, 4) is 5.75 Å². The van der Waals surface area contributed by atoms with Gasteiger partial charge in [0.1, 0.15) is 11.6 Å². The van der Waals surface area contributed by atoms with Crippen LogP contribution in [0.5, 0.6) is 5.75 Å². The maximum absolute atomic E-state index is 14.6. The van der Waals surface area contributed by atoms with Crippen LogP contribution in [-0.2, 0) is 11.3 Å². The van der Waals surface area contributed by atoms with Gasteiger partial charge in [0.05, 0.1) is 19.4 Å². The number of aryl methyl sites for hydroxylation is 1. The average molecular weight is 541 g/mol. The summed E-state index contributed by atoms with van der Waals surface area (Å²) in [5, 5.41) is 0. The SMILES string of the molecule is COc1cccc(F)c1CN1CC(CC(=O)N2CCC3=C(C2)C(c2ccnc(C)c2)=NC3)CC(C(C)(F)F)C1. The van der Waals surface area contributed by atoms with E-state index in [9.17, 15) is 18.0 Å². The first-order chi connectivity index (χ1) is 18.6. The number of carbonyl (C=O) groups excluding carboxylic acids is 1. The van der Waals surface area contributed by atoms with Gasteiger partial charge in [-0.15, -0.1) is 0 Å². The van der Waals surface area contributed by atoms with E-state index < -0.39 is 17.7 Å². The van der Waals surface area contributed by atoms with E-state index in [-0.39, 0.29) is 37.8 Å². The highest BCUT2D eigenvalue weighted by Gasteiger charge is 2.41. The van der Waals surface area contributed by atoms with Crippen molar-refractivity contribution in [3.05, 3.63) is 70.3 Å². The Morgan fingerprint density at radius 2 is 2.05 bits per heavy atom. The molecular weight excluding hydrogens is 505 g/mol. The lowest BCUT2D eigenvalue weighted by Crippen LogP contribution is -2.47. The highest BCUT2D eigenvalue weighted by atomic mass is 19.3. The minimum Gasteiger partial charge on any atom is -0.496 e. The molecule has 208 valence electrons. The zero-order valence-corrected chi connectivity index (χ0v) is 22.7. The normalized spacial score (nSPS) is 22.1. The summed E-state index contributed by atoms with van der Waals surface area (Å²) in [7, 11) is 1.47. The van der Waals surface area contributed by atoms with Crippen LogP contribution in [0.15, 0.2) is 52.7 Å². The number of amides is 1. The van der Waals surface area contributed by atoms with E-state index in [1.54, 1.807) is 18.3 Å². The topological polar surface area (TPSA) is 58.0 Å². The van der Waals surface area contributed by atoms with Gasteiger partial charge in [0.25, 0.3) is 0 Å². The second-order valence-electron chi connectivity index (χ2n) is 11.1. The summed E-state index contributed by atoms with van der Waals surface area (Å²) < 4.78 is 49.0. The number of ether oxygens (including phenoxy) is 1. The molecule has 6 nitrogen and oxygen atoms in total. The van der Waals surface area contributed by atoms with E-state index in [1.165, 1.54) is 18.7 Å². The number of hydrogen-bond acceptors (Lipinski definition) is 5. The van der Waals surface area contributed by atoms with Crippen LogP contribution in [0.3, 0.4) is 0 Å². The summed E-state index contributed by atoms with van der Waals surface area (Å²) >= 11 is 0. The highest BCUT2D eigenvalue weighted by Crippen LogP contribution is 2.37. The van der Waals surface area contributed by atoms with E-state index >= 15 is 0 Å². The second kappa shape index (κ2) is 11.1. The Kier molecular flexibility index (Phi) is 7.80. The molecule has 1 amide bonds. The van der Waals surface area contributed by atoms with Crippen LogP contribution < -0.4 is 4.74 Å². The molecule has 0 aliphatic carbocycles. The van der Waals surface area contributed by atoms with Crippen molar-refractivity contribution in [2.24, 2.45) is 16.8 Å². The number of benzene rings is 1. The molecule has 1 aromatic heterocycles. The van der Waals surface area contributed by atoms with Crippen molar-refractivity contribution >= 4 is 11.6 Å². The van der Waals surface area contributed by atoms with Gasteiger partial charge in [-0.2, -0.15) is 0 Å². The zero-order chi connectivity index (χ0) is 27.7. The molecule has 0 spiro atoms. The number of likely N-dealkylation sites (tertiary alicyclic amines) is 1. The molecule has 3 aliphatic heterocycles. The Morgan fingerprint density at radius 3 is 2.79 bits per heavy atom. The minimum atomic E-state index is -2.90. The van der Waals surface area contributed by atoms with Crippen LogP contribution in [-0.4, -0.2) is 72.2 Å². The first kappa shape index (κ1) is 27.4. The molecule has 0 radical (unpaired) electrons. The number of halogens is 3. The van der Waals surface area contributed by atoms with Gasteiger partial charge in [0.2, 0.25) is 11.8 Å². The Labute approximate surface area is 227 Å². The number of hydrogen-bond donors (Lipinski definition) is 0. The van der Waals surface area contributed by atoms with Crippen LogP contribution in [0.1, 0.15) is 43.0 Å². The molecule has 0 N–H and O–H groups in total. The molecule has 1 saturated heterocycles. The number of pyridine rings is 1. The van der Waals surface area contributed by atoms with Gasteiger partial charge >= 0.3 is 0 Å². The first-order valence-electron chi connectivity index (χ1n) is 13.5. The van der Waals surface area contributed by atoms with Gasteiger partial charge in [-0.05, 0) is 68.0 Å². The lowest BCUT2D eigenvalue weighted by molar-refractivity contribution is -0.134. The third kappa shape index (κ3) is 6.03. The molecule has 1 fully saturated rings. The highest BCUT2D eigenvalue weighted by molar-refractivity contribution is 6.15. The number of methoxy groups -OCH3 is 1. The number of aromatic nitrogens is 1. The van der Waals surface area contributed by atoms with Crippen LogP contribution in [0.25, 0.3) is 0 Å². The molecule has 2 aromatic rings. The fourth-order valence-corrected chi connectivity index (χ4v) is 6.09. The van der Waals surface area contributed by atoms with Crippen LogP contribution >= 0.6 is 0 Å². The smallest absolute Gasteiger partial charge is 0.249 e. The number of carbonyl (C=O) groups is 1. The molecular formula is C30H35F3N4O2. The predicted octanol–water partition coefficient (Wildman–Crippen LogP) is 5.05. The summed E-state index contributed by atoms with van der Waals surface area (Å²) in [6, 6.07) is 8.52. The molecule has 39 heavy (non-hydrogen) atoms. The summed E-state index contributed by atoms with van der Waals surface area (Å²) in [6.45, 7) is 5.34. The van der Waals surface area contributed by atoms with Gasteiger partial charge in [-0.1, -0.05) is 6.07 Å². The molecule has 2 unspecified atom stereocenters. The van der Waals surface area contributed by atoms with Crippen molar-refractivity contribution in [2.45, 2.75) is 45.6 Å². The maximum atomic E-state index is 14.6. The number of piperidine rings is 1. The third-order valence-corrected chi connectivity index (χ3v) is 8.17. The monoisotopic (exact) mass is 540 g/mol. The molecule has 4 heterocycles. The number of nitrogens with zero attached hydrogens (tertiary/aromatic N) is 4. The van der Waals surface area contributed by atoms with Crippen molar-refractivity contribution in [1.82, 2.24) is 14.8 Å². The van der Waals surface area contributed by atoms with Crippen molar-refractivity contribution < 1.29 is 22.7 Å². The average Bonchev–Trinajstić information content (AvgIpc) is 3.32. The zero-order valence-electron chi connectivity index (χ0n) is 22.7. The van der Waals surface area contributed by atoms with E-state index in [2.05, 4.69) is 4.98 Å². The minimum absolute atomic E-state index is 0.0350. The summed E-state index contributed by atoms with van der Waals surface area (Å²) in [6.07, 6.45) is 2.96. The first-order valence-corrected chi connectivity index (χ1v) is 13.5. The molecule has 0 bridgehead atoms. The van der Waals surface area contributed by atoms with Gasteiger partial charge < -0.3 is 9.64 Å². The van der Waals surface area contributed by atoms with Crippen molar-refractivity contribution in [2.75, 3.05) is 39.8 Å². The van der Waals surface area contributed by atoms with Gasteiger partial charge in [-0.25, -0.2) is 13.2 Å². The van der Waals surface area contributed by atoms with Gasteiger partial charge in [0.15, 0.2) is 0 Å². The number of aliphatic imine (C=N–C) groups is 1. The van der Waals surface area contributed by atoms with E-state index in [1.807, 2.05) is 28.9 Å². The standard InChI is InChI=1S/C30H35F3N4O2/c1-19-11-21(7-9-34-19)29-24-18-37(10-8-22(24)14-35-29)28(38)13-20-12-23(30(2,32)33)16-36(15-20)17-25-26(31)5-4-6-27(25)39-3/h4-7,9,11,20,23H,8,10,12-18H2,1-3H3. The summed E-state index contributed by atoms with van der Waals surface area (Å²) in [4.78, 5) is 26.2. The lowest BCUT2D eigenvalue weighted by atomic mass is 9.83. The van der Waals surface area contributed by atoms with E-state index in [0.29, 0.717) is 37.5 Å². The maximum Gasteiger partial charge on any atom is 0.249 e. The molecule has 9 heteroatoms. The van der Waals surface area contributed by atoms with Crippen LogP contribution in [0.4, 0.5) is 13.2 Å². The fraction of sp³-hybridized carbons (Fsp3) is 0.500. The Hall–Kier alpha value is -3.20. The molecule has 5 rings (SSSR count). The van der Waals surface area contributed by atoms with Crippen molar-refractivity contribution in [1.29, 1.82) is 0 Å². The van der Waals surface area contributed by atoms with Crippen LogP contribution in [0.2, 0.25) is 0 Å². The Balaban J connectivity index is 1.28. The van der Waals surface area contributed by atoms with E-state index in [0.717, 1.165) is 35.9 Å². The van der Waals surface area contributed by atoms with Crippen molar-refractivity contribution in [3.63, 3.8) is 0 Å². The molecule has 0 saturated carbocycles. The molecule has 2 atom stereocenters. The van der Waals surface area contributed by atoms with E-state index in [4.69, 9.17) is 9.73 Å². The Morgan fingerprint density at radius 1 is 1.23 bits per heavy atom. The van der Waals surface area contributed by atoms with Crippen LogP contribution in [0, 0.1) is 24.6 Å². The Bertz CT molecular complexity index is 1300.